The number of aryl methyl sites for hydroxylation is 1. The number of hydrogen-bond donors (Lipinski definition) is 1. The normalized spacial score (nSPS) is 15.6. The van der Waals surface area contributed by atoms with E-state index >= 15 is 0 Å². The lowest BCUT2D eigenvalue weighted by atomic mass is 9.85. The minimum atomic E-state index is -0.549. The number of nitrogens with zero attached hydrogens (tertiary/aromatic N) is 3. The van der Waals surface area contributed by atoms with Crippen LogP contribution < -0.4 is 5.69 Å². The second-order valence-electron chi connectivity index (χ2n) is 8.87. The van der Waals surface area contributed by atoms with Crippen LogP contribution in [-0.2, 0) is 18.5 Å². The van der Waals surface area contributed by atoms with E-state index in [4.69, 9.17) is 4.74 Å². The van der Waals surface area contributed by atoms with E-state index in [0.717, 1.165) is 47.2 Å². The molecule has 2 aromatic carbocycles. The number of imidazole rings is 1. The molecule has 34 heavy (non-hydrogen) atoms. The van der Waals surface area contributed by atoms with Gasteiger partial charge in [-0.15, -0.1) is 0 Å². The summed E-state index contributed by atoms with van der Waals surface area (Å²) in [6, 6.07) is 13.9. The predicted octanol–water partition coefficient (Wildman–Crippen LogP) is 3.72. The molecule has 2 aliphatic rings. The highest BCUT2D eigenvalue weighted by Crippen LogP contribution is 2.39. The first-order valence-electron chi connectivity index (χ1n) is 11.4. The average Bonchev–Trinajstić information content (AvgIpc) is 2.99. The zero-order valence-electron chi connectivity index (χ0n) is 19.3. The monoisotopic (exact) mass is 457 g/mol. The van der Waals surface area contributed by atoms with Crippen molar-refractivity contribution in [1.82, 2.24) is 14.0 Å². The van der Waals surface area contributed by atoms with Crippen LogP contribution in [0.15, 0.2) is 59.0 Å². The number of piperidine rings is 1. The summed E-state index contributed by atoms with van der Waals surface area (Å²) in [6.07, 6.45) is 7.45. The van der Waals surface area contributed by atoms with Crippen LogP contribution in [0.5, 0.6) is 5.88 Å². The van der Waals surface area contributed by atoms with Gasteiger partial charge < -0.3 is 14.7 Å². The van der Waals surface area contributed by atoms with Crippen molar-refractivity contribution in [3.8, 4) is 5.88 Å². The highest BCUT2D eigenvalue weighted by molar-refractivity contribution is 5.98. The molecule has 0 unspecified atom stereocenters. The lowest BCUT2D eigenvalue weighted by molar-refractivity contribution is 0.0354. The Balaban J connectivity index is 1.53. The molecule has 0 radical (unpaired) electrons. The standard InChI is InChI=1S/C27H27N3O4/c1-28-13-11-20(12-14-28)25-22-6-4-3-5-18(22)7-8-19-9-10-21(15-23(19)25)26(32)34-17-30-24(31)16-29(2)27(30)33/h3-10,15-16,31H,11-14,17H2,1-2H3. The van der Waals surface area contributed by atoms with Crippen molar-refractivity contribution in [3.63, 3.8) is 0 Å². The van der Waals surface area contributed by atoms with Crippen molar-refractivity contribution in [3.05, 3.63) is 92.5 Å². The Morgan fingerprint density at radius 1 is 1.00 bits per heavy atom. The van der Waals surface area contributed by atoms with Crippen molar-refractivity contribution in [2.24, 2.45) is 7.05 Å². The summed E-state index contributed by atoms with van der Waals surface area (Å²) in [4.78, 5) is 27.3. The maximum atomic E-state index is 12.9. The molecule has 174 valence electrons. The molecule has 1 fully saturated rings. The van der Waals surface area contributed by atoms with E-state index in [1.165, 1.54) is 34.5 Å². The first-order valence-corrected chi connectivity index (χ1v) is 11.4. The second-order valence-corrected chi connectivity index (χ2v) is 8.87. The number of carbonyl (C=O) groups is 1. The van der Waals surface area contributed by atoms with Gasteiger partial charge in [0.15, 0.2) is 6.73 Å². The molecule has 1 aliphatic carbocycles. The Kier molecular flexibility index (Phi) is 5.71. The minimum Gasteiger partial charge on any atom is -0.493 e. The molecule has 3 aromatic rings. The molecule has 1 N–H and O–H groups in total. The topological polar surface area (TPSA) is 76.7 Å². The molecule has 2 heterocycles. The number of aromatic hydroxyl groups is 1. The average molecular weight is 458 g/mol. The number of carbonyl (C=O) groups excluding carboxylic acids is 1. The number of esters is 1. The zero-order chi connectivity index (χ0) is 23.8. The summed E-state index contributed by atoms with van der Waals surface area (Å²) in [5.41, 5.74) is 6.91. The molecule has 5 rings (SSSR count). The van der Waals surface area contributed by atoms with Crippen LogP contribution in [0.25, 0.3) is 17.7 Å². The third-order valence-corrected chi connectivity index (χ3v) is 6.62. The summed E-state index contributed by atoms with van der Waals surface area (Å²) in [7, 11) is 3.66. The predicted molar refractivity (Wildman–Crippen MR) is 131 cm³/mol. The van der Waals surface area contributed by atoms with Crippen LogP contribution in [0.3, 0.4) is 0 Å². The zero-order valence-corrected chi connectivity index (χ0v) is 19.3. The van der Waals surface area contributed by atoms with Gasteiger partial charge in [-0.05, 0) is 59.8 Å². The minimum absolute atomic E-state index is 0.252. The summed E-state index contributed by atoms with van der Waals surface area (Å²) < 4.78 is 7.62. The second kappa shape index (κ2) is 8.83. The van der Waals surface area contributed by atoms with Crippen molar-refractivity contribution >= 4 is 23.7 Å². The maximum absolute atomic E-state index is 12.9. The number of benzene rings is 2. The lowest BCUT2D eigenvalue weighted by Gasteiger charge is -2.27. The van der Waals surface area contributed by atoms with Crippen molar-refractivity contribution < 1.29 is 14.6 Å². The summed E-state index contributed by atoms with van der Waals surface area (Å²) in [6.45, 7) is 1.64. The Hall–Kier alpha value is -3.84. The lowest BCUT2D eigenvalue weighted by Crippen LogP contribution is -2.27. The highest BCUT2D eigenvalue weighted by Gasteiger charge is 2.23. The van der Waals surface area contributed by atoms with Gasteiger partial charge in [-0.2, -0.15) is 0 Å². The van der Waals surface area contributed by atoms with Gasteiger partial charge in [0.2, 0.25) is 5.88 Å². The number of aromatic nitrogens is 2. The molecule has 0 spiro atoms. The van der Waals surface area contributed by atoms with E-state index in [9.17, 15) is 14.7 Å². The molecule has 1 aromatic heterocycles. The fourth-order valence-corrected chi connectivity index (χ4v) is 4.67. The quantitative estimate of drug-likeness (QED) is 0.475. The highest BCUT2D eigenvalue weighted by atomic mass is 16.5. The molecular formula is C27H27N3O4. The molecule has 0 amide bonds. The maximum Gasteiger partial charge on any atom is 0.339 e. The SMILES string of the molecule is CN1CCC(=C2c3ccccc3C=Cc3ccc(C(=O)OCn4c(O)cn(C)c4=O)cc32)CC1. The van der Waals surface area contributed by atoms with Crippen molar-refractivity contribution in [2.45, 2.75) is 19.6 Å². The largest absolute Gasteiger partial charge is 0.493 e. The van der Waals surface area contributed by atoms with E-state index in [-0.39, 0.29) is 12.6 Å². The first-order chi connectivity index (χ1) is 16.4. The number of hydrogen-bond acceptors (Lipinski definition) is 5. The van der Waals surface area contributed by atoms with Crippen LogP contribution in [-0.4, -0.2) is 45.2 Å². The van der Waals surface area contributed by atoms with Gasteiger partial charge in [-0.25, -0.2) is 14.2 Å². The van der Waals surface area contributed by atoms with Gasteiger partial charge >= 0.3 is 11.7 Å². The Bertz CT molecular complexity index is 1380. The molecule has 0 saturated carbocycles. The first kappa shape index (κ1) is 22.0. The third-order valence-electron chi connectivity index (χ3n) is 6.62. The van der Waals surface area contributed by atoms with Crippen LogP contribution >= 0.6 is 0 Å². The third kappa shape index (κ3) is 3.99. The smallest absolute Gasteiger partial charge is 0.339 e. The molecule has 7 nitrogen and oxygen atoms in total. The number of ether oxygens (including phenoxy) is 1. The Morgan fingerprint density at radius 3 is 2.41 bits per heavy atom. The molecule has 0 bridgehead atoms. The number of fused-ring (bicyclic) bond motifs is 2. The Labute approximate surface area is 197 Å². The van der Waals surface area contributed by atoms with Crippen molar-refractivity contribution in [2.75, 3.05) is 20.1 Å². The van der Waals surface area contributed by atoms with Crippen molar-refractivity contribution in [1.29, 1.82) is 0 Å². The van der Waals surface area contributed by atoms with E-state index in [0.29, 0.717) is 5.56 Å². The summed E-state index contributed by atoms with van der Waals surface area (Å²) in [5, 5.41) is 9.91. The summed E-state index contributed by atoms with van der Waals surface area (Å²) in [5.74, 6) is -0.801. The van der Waals surface area contributed by atoms with Crippen LogP contribution in [0.2, 0.25) is 0 Å². The number of rotatable bonds is 3. The van der Waals surface area contributed by atoms with Crippen LogP contribution in [0, 0.1) is 0 Å². The van der Waals surface area contributed by atoms with Gasteiger partial charge in [-0.3, -0.25) is 4.57 Å². The van der Waals surface area contributed by atoms with E-state index in [2.05, 4.69) is 42.3 Å². The van der Waals surface area contributed by atoms with E-state index in [1.54, 1.807) is 6.07 Å². The molecule has 1 saturated heterocycles. The van der Waals surface area contributed by atoms with Gasteiger partial charge in [0, 0.05) is 20.1 Å². The van der Waals surface area contributed by atoms with Gasteiger partial charge in [0.1, 0.15) is 0 Å². The van der Waals surface area contributed by atoms with E-state index < -0.39 is 11.7 Å². The van der Waals surface area contributed by atoms with Gasteiger partial charge in [-0.1, -0.05) is 48.1 Å². The van der Waals surface area contributed by atoms with Crippen LogP contribution in [0.1, 0.15) is 45.5 Å². The molecule has 1 aliphatic heterocycles. The summed E-state index contributed by atoms with van der Waals surface area (Å²) >= 11 is 0. The van der Waals surface area contributed by atoms with Crippen LogP contribution in [0.4, 0.5) is 0 Å². The Morgan fingerprint density at radius 2 is 1.71 bits per heavy atom. The molecular weight excluding hydrogens is 430 g/mol. The molecule has 0 atom stereocenters. The van der Waals surface area contributed by atoms with E-state index in [1.807, 2.05) is 18.2 Å². The fraction of sp³-hybridized carbons (Fsp3) is 0.259. The fourth-order valence-electron chi connectivity index (χ4n) is 4.67. The van der Waals surface area contributed by atoms with Gasteiger partial charge in [0.25, 0.3) is 0 Å². The molecule has 7 heteroatoms. The van der Waals surface area contributed by atoms with Gasteiger partial charge in [0.05, 0.1) is 11.8 Å². The number of likely N-dealkylation sites (tertiary alicyclic amines) is 1.